The van der Waals surface area contributed by atoms with Crippen LogP contribution in [-0.4, -0.2) is 8.42 Å². The van der Waals surface area contributed by atoms with E-state index in [1.54, 1.807) is 6.07 Å². The molecule has 0 aliphatic heterocycles. The average Bonchev–Trinajstić information content (AvgIpc) is 2.16. The molecule has 1 atom stereocenters. The van der Waals surface area contributed by atoms with E-state index in [1.165, 1.54) is 0 Å². The number of hydrogen-bond acceptors (Lipinski definition) is 2. The highest BCUT2D eigenvalue weighted by Crippen LogP contribution is 2.21. The Kier molecular flexibility index (Phi) is 4.54. The van der Waals surface area contributed by atoms with E-state index in [-0.39, 0.29) is 0 Å². The lowest BCUT2D eigenvalue weighted by Gasteiger charge is -2.16. The normalized spacial score (nSPS) is 13.4. The van der Waals surface area contributed by atoms with Crippen molar-refractivity contribution in [2.45, 2.75) is 39.0 Å². The molecule has 1 rings (SSSR count). The van der Waals surface area contributed by atoms with Gasteiger partial charge >= 0.3 is 0 Å². The first-order chi connectivity index (χ1) is 7.41. The molecule has 3 heteroatoms. The smallest absolute Gasteiger partial charge is 0.168 e. The van der Waals surface area contributed by atoms with E-state index in [0.29, 0.717) is 16.7 Å². The monoisotopic (exact) mass is 240 g/mol. The fraction of sp³-hybridized carbons (Fsp3) is 0.538. The third-order valence-electron chi connectivity index (χ3n) is 3.11. The van der Waals surface area contributed by atoms with E-state index < -0.39 is 10.7 Å². The van der Waals surface area contributed by atoms with Crippen molar-refractivity contribution in [2.24, 2.45) is 11.8 Å². The number of thiol groups is 1. The molecule has 0 aromatic heterocycles. The minimum Gasteiger partial charge on any atom is -0.227 e. The molecule has 1 unspecified atom stereocenters. The van der Waals surface area contributed by atoms with Crippen LogP contribution in [-0.2, 0) is 17.1 Å². The van der Waals surface area contributed by atoms with Crippen LogP contribution in [0.3, 0.4) is 0 Å². The zero-order valence-corrected chi connectivity index (χ0v) is 11.3. The first-order valence-corrected chi connectivity index (χ1v) is 6.83. The molecule has 0 N–H and O–H groups in total. The van der Waals surface area contributed by atoms with Gasteiger partial charge in [0.15, 0.2) is 10.7 Å². The maximum absolute atomic E-state index is 11.1. The Morgan fingerprint density at radius 1 is 1.19 bits per heavy atom. The summed E-state index contributed by atoms with van der Waals surface area (Å²) in [5.74, 6) is 1.06. The van der Waals surface area contributed by atoms with E-state index in [1.807, 2.05) is 19.1 Å². The van der Waals surface area contributed by atoms with Gasteiger partial charge in [-0.1, -0.05) is 38.5 Å². The van der Waals surface area contributed by atoms with Gasteiger partial charge in [0, 0.05) is 0 Å². The maximum Gasteiger partial charge on any atom is 0.168 e. The van der Waals surface area contributed by atoms with Crippen LogP contribution < -0.4 is 0 Å². The molecule has 2 nitrogen and oxygen atoms in total. The lowest BCUT2D eigenvalue weighted by molar-refractivity contribution is 0.415. The van der Waals surface area contributed by atoms with Crippen molar-refractivity contribution >= 4 is 10.7 Å². The van der Waals surface area contributed by atoms with Gasteiger partial charge in [0.2, 0.25) is 0 Å². The van der Waals surface area contributed by atoms with Gasteiger partial charge in [0.1, 0.15) is 0 Å². The summed E-state index contributed by atoms with van der Waals surface area (Å²) in [5.41, 5.74) is 2.07. The maximum atomic E-state index is 11.1. The van der Waals surface area contributed by atoms with Crippen LogP contribution in [0, 0.1) is 18.8 Å². The van der Waals surface area contributed by atoms with E-state index in [4.69, 9.17) is 0 Å². The van der Waals surface area contributed by atoms with E-state index in [2.05, 4.69) is 20.8 Å². The van der Waals surface area contributed by atoms with Crippen LogP contribution >= 0.6 is 0 Å². The molecule has 0 aliphatic rings. The van der Waals surface area contributed by atoms with Gasteiger partial charge in [-0.05, 0) is 36.8 Å². The highest BCUT2D eigenvalue weighted by molar-refractivity contribution is 7.72. The molecule has 0 spiro atoms. The fourth-order valence-corrected chi connectivity index (χ4v) is 2.23. The minimum absolute atomic E-state index is 0.480. The lowest BCUT2D eigenvalue weighted by Crippen LogP contribution is -2.09. The molecule has 1 aromatic carbocycles. The topological polar surface area (TPSA) is 34.1 Å². The quantitative estimate of drug-likeness (QED) is 0.821. The third kappa shape index (κ3) is 3.34. The Labute approximate surface area is 99.6 Å². The van der Waals surface area contributed by atoms with Crippen molar-refractivity contribution in [1.29, 1.82) is 0 Å². The molecule has 0 saturated carbocycles. The molecule has 0 saturated heterocycles. The lowest BCUT2D eigenvalue weighted by atomic mass is 9.90. The van der Waals surface area contributed by atoms with Gasteiger partial charge in [-0.25, -0.2) is 8.42 Å². The first-order valence-electron chi connectivity index (χ1n) is 5.65. The molecule has 0 heterocycles. The summed E-state index contributed by atoms with van der Waals surface area (Å²) in [6, 6.07) is 5.55. The predicted octanol–water partition coefficient (Wildman–Crippen LogP) is 2.80. The molecule has 90 valence electrons. The molecule has 16 heavy (non-hydrogen) atoms. The Bertz CT molecular complexity index is 426. The third-order valence-corrected chi connectivity index (χ3v) is 3.94. The summed E-state index contributed by atoms with van der Waals surface area (Å²) >= 11 is 0. The van der Waals surface area contributed by atoms with Crippen molar-refractivity contribution in [2.75, 3.05) is 0 Å². The zero-order valence-electron chi connectivity index (χ0n) is 10.4. The number of hydrogen-bond donors (Lipinski definition) is 1. The molecule has 0 bridgehead atoms. The molecule has 0 radical (unpaired) electrons. The number of rotatable bonds is 4. The Morgan fingerprint density at radius 3 is 2.31 bits per heavy atom. The second-order valence-corrected chi connectivity index (χ2v) is 5.81. The SMILES string of the molecule is Cc1ccc([SH](=O)=O)c(CC(C)C(C)C)c1. The average molecular weight is 240 g/mol. The minimum atomic E-state index is -2.48. The van der Waals surface area contributed by atoms with Gasteiger partial charge in [-0.15, -0.1) is 0 Å². The van der Waals surface area contributed by atoms with Crippen molar-refractivity contribution in [1.82, 2.24) is 0 Å². The van der Waals surface area contributed by atoms with Crippen molar-refractivity contribution in [3.8, 4) is 0 Å². The largest absolute Gasteiger partial charge is 0.227 e. The van der Waals surface area contributed by atoms with E-state index >= 15 is 0 Å². The molecule has 0 fully saturated rings. The van der Waals surface area contributed by atoms with Crippen molar-refractivity contribution in [3.63, 3.8) is 0 Å². The summed E-state index contributed by atoms with van der Waals surface area (Å²) < 4.78 is 22.2. The van der Waals surface area contributed by atoms with Gasteiger partial charge in [0.05, 0.1) is 4.90 Å². The molecular weight excluding hydrogens is 220 g/mol. The highest BCUT2D eigenvalue weighted by Gasteiger charge is 2.12. The summed E-state index contributed by atoms with van der Waals surface area (Å²) in [6.45, 7) is 8.48. The second kappa shape index (κ2) is 5.48. The van der Waals surface area contributed by atoms with Crippen LogP contribution in [0.1, 0.15) is 31.9 Å². The molecular formula is C13H20O2S. The number of benzene rings is 1. The van der Waals surface area contributed by atoms with Gasteiger partial charge in [0.25, 0.3) is 0 Å². The Balaban J connectivity index is 3.06. The summed E-state index contributed by atoms with van der Waals surface area (Å²) in [5, 5.41) is 0. The molecule has 0 amide bonds. The van der Waals surface area contributed by atoms with Gasteiger partial charge in [-0.3, -0.25) is 0 Å². The molecule has 0 aliphatic carbocycles. The standard InChI is InChI=1S/C13H20O2S/c1-9(2)11(4)8-12-7-10(3)5-6-13(12)16(14)15/h5-7,9,11,16H,8H2,1-4H3. The second-order valence-electron chi connectivity index (χ2n) is 4.81. The Hall–Kier alpha value is -0.830. The van der Waals surface area contributed by atoms with Crippen molar-refractivity contribution < 1.29 is 8.42 Å². The summed E-state index contributed by atoms with van der Waals surface area (Å²) in [6.07, 6.45) is 0.831. The summed E-state index contributed by atoms with van der Waals surface area (Å²) in [7, 11) is -2.48. The zero-order chi connectivity index (χ0) is 12.3. The first kappa shape index (κ1) is 13.2. The van der Waals surface area contributed by atoms with Gasteiger partial charge < -0.3 is 0 Å². The predicted molar refractivity (Wildman–Crippen MR) is 67.5 cm³/mol. The van der Waals surface area contributed by atoms with E-state index in [0.717, 1.165) is 17.5 Å². The van der Waals surface area contributed by atoms with Crippen molar-refractivity contribution in [3.05, 3.63) is 29.3 Å². The Morgan fingerprint density at radius 2 is 1.81 bits per heavy atom. The summed E-state index contributed by atoms with van der Waals surface area (Å²) in [4.78, 5) is 0.480. The number of aryl methyl sites for hydroxylation is 1. The van der Waals surface area contributed by atoms with Crippen LogP contribution in [0.4, 0.5) is 0 Å². The molecule has 1 aromatic rings. The highest BCUT2D eigenvalue weighted by atomic mass is 32.2. The van der Waals surface area contributed by atoms with Crippen LogP contribution in [0.2, 0.25) is 0 Å². The fourth-order valence-electron chi connectivity index (χ4n) is 1.64. The van der Waals surface area contributed by atoms with E-state index in [9.17, 15) is 8.42 Å². The van der Waals surface area contributed by atoms with Crippen LogP contribution in [0.5, 0.6) is 0 Å². The van der Waals surface area contributed by atoms with Crippen LogP contribution in [0.25, 0.3) is 0 Å². The van der Waals surface area contributed by atoms with Gasteiger partial charge in [-0.2, -0.15) is 0 Å². The van der Waals surface area contributed by atoms with Crippen LogP contribution in [0.15, 0.2) is 23.1 Å².